The SMILES string of the molecule is Cc1cc(-c2cc(C(=O)NCCc3ccccc3F)nn2C)ccc1F. The van der Waals surface area contributed by atoms with Gasteiger partial charge in [0.1, 0.15) is 11.6 Å². The maximum absolute atomic E-state index is 13.6. The van der Waals surface area contributed by atoms with Crippen LogP contribution in [0.2, 0.25) is 0 Å². The summed E-state index contributed by atoms with van der Waals surface area (Å²) in [5.74, 6) is -0.891. The normalized spacial score (nSPS) is 10.8. The highest BCUT2D eigenvalue weighted by Gasteiger charge is 2.14. The third-order valence-corrected chi connectivity index (χ3v) is 4.20. The minimum Gasteiger partial charge on any atom is -0.350 e. The van der Waals surface area contributed by atoms with Crippen LogP contribution in [0.3, 0.4) is 0 Å². The van der Waals surface area contributed by atoms with E-state index in [-0.39, 0.29) is 23.2 Å². The third kappa shape index (κ3) is 3.79. The van der Waals surface area contributed by atoms with E-state index in [0.29, 0.717) is 29.8 Å². The Morgan fingerprint density at radius 1 is 1.12 bits per heavy atom. The van der Waals surface area contributed by atoms with Crippen molar-refractivity contribution in [3.63, 3.8) is 0 Å². The van der Waals surface area contributed by atoms with Gasteiger partial charge in [0, 0.05) is 19.2 Å². The summed E-state index contributed by atoms with van der Waals surface area (Å²) in [6.45, 7) is 1.99. The largest absolute Gasteiger partial charge is 0.350 e. The van der Waals surface area contributed by atoms with Crippen molar-refractivity contribution < 1.29 is 13.6 Å². The average molecular weight is 355 g/mol. The van der Waals surface area contributed by atoms with E-state index in [9.17, 15) is 13.6 Å². The second-order valence-electron chi connectivity index (χ2n) is 6.10. The number of aryl methyl sites for hydroxylation is 2. The molecule has 1 N–H and O–H groups in total. The van der Waals surface area contributed by atoms with Gasteiger partial charge < -0.3 is 5.32 Å². The number of halogens is 2. The van der Waals surface area contributed by atoms with Crippen LogP contribution in [0.1, 0.15) is 21.6 Å². The van der Waals surface area contributed by atoms with Crippen molar-refractivity contribution in [2.24, 2.45) is 7.05 Å². The van der Waals surface area contributed by atoms with Gasteiger partial charge >= 0.3 is 0 Å². The van der Waals surface area contributed by atoms with Crippen molar-refractivity contribution in [2.75, 3.05) is 6.54 Å². The zero-order valence-corrected chi connectivity index (χ0v) is 14.6. The molecule has 0 spiro atoms. The van der Waals surface area contributed by atoms with E-state index in [1.54, 1.807) is 55.1 Å². The predicted molar refractivity (Wildman–Crippen MR) is 95.8 cm³/mol. The summed E-state index contributed by atoms with van der Waals surface area (Å²) >= 11 is 0. The smallest absolute Gasteiger partial charge is 0.271 e. The van der Waals surface area contributed by atoms with Gasteiger partial charge in [-0.1, -0.05) is 18.2 Å². The molecule has 3 aromatic rings. The monoisotopic (exact) mass is 355 g/mol. The lowest BCUT2D eigenvalue weighted by atomic mass is 10.1. The Morgan fingerprint density at radius 2 is 1.88 bits per heavy atom. The summed E-state index contributed by atoms with van der Waals surface area (Å²) in [5.41, 5.74) is 2.84. The first-order chi connectivity index (χ1) is 12.5. The number of benzene rings is 2. The van der Waals surface area contributed by atoms with E-state index in [1.165, 1.54) is 12.1 Å². The van der Waals surface area contributed by atoms with E-state index >= 15 is 0 Å². The van der Waals surface area contributed by atoms with Crippen molar-refractivity contribution in [1.29, 1.82) is 0 Å². The van der Waals surface area contributed by atoms with E-state index < -0.39 is 0 Å². The van der Waals surface area contributed by atoms with Gasteiger partial charge in [0.05, 0.1) is 5.69 Å². The van der Waals surface area contributed by atoms with Gasteiger partial charge in [0.2, 0.25) is 0 Å². The second kappa shape index (κ2) is 7.47. The highest BCUT2D eigenvalue weighted by atomic mass is 19.1. The standard InChI is InChI=1S/C20H19F2N3O/c1-13-11-15(7-8-16(13)21)19-12-18(24-25(19)2)20(26)23-10-9-14-5-3-4-6-17(14)22/h3-8,11-12H,9-10H2,1-2H3,(H,23,26). The summed E-state index contributed by atoms with van der Waals surface area (Å²) in [6, 6.07) is 12.9. The van der Waals surface area contributed by atoms with Crippen molar-refractivity contribution in [1.82, 2.24) is 15.1 Å². The summed E-state index contributed by atoms with van der Waals surface area (Å²) in [6.07, 6.45) is 0.398. The minimum absolute atomic E-state index is 0.262. The van der Waals surface area contributed by atoms with Gasteiger partial charge in [-0.3, -0.25) is 9.48 Å². The first-order valence-electron chi connectivity index (χ1n) is 8.28. The first kappa shape index (κ1) is 17.8. The van der Waals surface area contributed by atoms with E-state index in [2.05, 4.69) is 10.4 Å². The number of aromatic nitrogens is 2. The molecule has 26 heavy (non-hydrogen) atoms. The molecule has 0 aliphatic rings. The number of carbonyl (C=O) groups excluding carboxylic acids is 1. The first-order valence-corrected chi connectivity index (χ1v) is 8.28. The van der Waals surface area contributed by atoms with Gasteiger partial charge in [-0.2, -0.15) is 5.10 Å². The summed E-state index contributed by atoms with van der Waals surface area (Å²) in [4.78, 5) is 12.3. The molecule has 1 heterocycles. The summed E-state index contributed by atoms with van der Waals surface area (Å²) in [7, 11) is 1.73. The zero-order valence-electron chi connectivity index (χ0n) is 14.6. The predicted octanol–water partition coefficient (Wildman–Crippen LogP) is 3.65. The molecule has 4 nitrogen and oxygen atoms in total. The van der Waals surface area contributed by atoms with Crippen LogP contribution >= 0.6 is 0 Å². The number of hydrogen-bond donors (Lipinski definition) is 1. The Labute approximate surface area is 150 Å². The van der Waals surface area contributed by atoms with Crippen molar-refractivity contribution in [3.05, 3.63) is 77.0 Å². The molecule has 1 aromatic heterocycles. The minimum atomic E-state index is -0.331. The van der Waals surface area contributed by atoms with Gasteiger partial charge in [0.15, 0.2) is 5.69 Å². The van der Waals surface area contributed by atoms with Crippen LogP contribution in [0.25, 0.3) is 11.3 Å². The summed E-state index contributed by atoms with van der Waals surface area (Å²) in [5, 5.41) is 6.96. The van der Waals surface area contributed by atoms with Crippen molar-refractivity contribution in [2.45, 2.75) is 13.3 Å². The Morgan fingerprint density at radius 3 is 2.62 bits per heavy atom. The van der Waals surface area contributed by atoms with E-state index in [1.807, 2.05) is 0 Å². The van der Waals surface area contributed by atoms with Crippen LogP contribution in [0.5, 0.6) is 0 Å². The lowest BCUT2D eigenvalue weighted by Crippen LogP contribution is -2.26. The van der Waals surface area contributed by atoms with Gasteiger partial charge in [-0.05, 0) is 54.8 Å². The summed E-state index contributed by atoms with van der Waals surface area (Å²) < 4.78 is 28.6. The number of nitrogens with one attached hydrogen (secondary N) is 1. The highest BCUT2D eigenvalue weighted by Crippen LogP contribution is 2.22. The Kier molecular flexibility index (Phi) is 5.11. The van der Waals surface area contributed by atoms with Gasteiger partial charge in [-0.25, -0.2) is 8.78 Å². The molecule has 0 aliphatic carbocycles. The molecule has 134 valence electrons. The fourth-order valence-electron chi connectivity index (χ4n) is 2.75. The molecular weight excluding hydrogens is 336 g/mol. The fourth-order valence-corrected chi connectivity index (χ4v) is 2.75. The molecule has 0 bridgehead atoms. The molecule has 0 saturated carbocycles. The molecule has 0 unspecified atom stereocenters. The van der Waals surface area contributed by atoms with E-state index in [0.717, 1.165) is 5.56 Å². The van der Waals surface area contributed by atoms with E-state index in [4.69, 9.17) is 0 Å². The fraction of sp³-hybridized carbons (Fsp3) is 0.200. The van der Waals surface area contributed by atoms with Crippen LogP contribution in [-0.4, -0.2) is 22.2 Å². The van der Waals surface area contributed by atoms with Crippen LogP contribution in [0.4, 0.5) is 8.78 Å². The van der Waals surface area contributed by atoms with Crippen molar-refractivity contribution >= 4 is 5.91 Å². The molecule has 0 aliphatic heterocycles. The number of nitrogens with zero attached hydrogens (tertiary/aromatic N) is 2. The Balaban J connectivity index is 1.69. The Hall–Kier alpha value is -3.02. The third-order valence-electron chi connectivity index (χ3n) is 4.20. The quantitative estimate of drug-likeness (QED) is 0.759. The number of amides is 1. The molecule has 2 aromatic carbocycles. The molecular formula is C20H19F2N3O. The topological polar surface area (TPSA) is 46.9 Å². The zero-order chi connectivity index (χ0) is 18.7. The second-order valence-corrected chi connectivity index (χ2v) is 6.10. The van der Waals surface area contributed by atoms with Crippen molar-refractivity contribution in [3.8, 4) is 11.3 Å². The molecule has 6 heteroatoms. The van der Waals surface area contributed by atoms with Crippen LogP contribution < -0.4 is 5.32 Å². The number of carbonyl (C=O) groups is 1. The average Bonchev–Trinajstić information content (AvgIpc) is 3.01. The van der Waals surface area contributed by atoms with Crippen LogP contribution in [0.15, 0.2) is 48.5 Å². The van der Waals surface area contributed by atoms with Crippen LogP contribution in [-0.2, 0) is 13.5 Å². The molecule has 0 fully saturated rings. The van der Waals surface area contributed by atoms with Gasteiger partial charge in [0.25, 0.3) is 5.91 Å². The highest BCUT2D eigenvalue weighted by molar-refractivity contribution is 5.93. The maximum Gasteiger partial charge on any atom is 0.271 e. The molecule has 1 amide bonds. The lowest BCUT2D eigenvalue weighted by Gasteiger charge is -2.04. The van der Waals surface area contributed by atoms with Crippen LogP contribution in [0, 0.1) is 18.6 Å². The number of rotatable bonds is 5. The molecule has 3 rings (SSSR count). The lowest BCUT2D eigenvalue weighted by molar-refractivity contribution is 0.0948. The molecule has 0 saturated heterocycles. The van der Waals surface area contributed by atoms with Gasteiger partial charge in [-0.15, -0.1) is 0 Å². The molecule has 0 radical (unpaired) electrons. The maximum atomic E-state index is 13.6. The Bertz CT molecular complexity index is 950. The number of hydrogen-bond acceptors (Lipinski definition) is 2. The molecule has 0 atom stereocenters.